The van der Waals surface area contributed by atoms with E-state index in [0.717, 1.165) is 16.3 Å². The molecule has 4 nitrogen and oxygen atoms in total. The maximum absolute atomic E-state index is 10.4. The van der Waals surface area contributed by atoms with E-state index in [4.69, 9.17) is 4.74 Å². The van der Waals surface area contributed by atoms with E-state index >= 15 is 0 Å². The Labute approximate surface area is 116 Å². The molecule has 2 aromatic carbocycles. The van der Waals surface area contributed by atoms with Gasteiger partial charge in [0, 0.05) is 6.07 Å². The van der Waals surface area contributed by atoms with Crippen LogP contribution in [0.1, 0.15) is 17.4 Å². The first-order valence-corrected chi connectivity index (χ1v) is 6.30. The molecule has 20 heavy (non-hydrogen) atoms. The summed E-state index contributed by atoms with van der Waals surface area (Å²) in [6.45, 7) is 0. The zero-order chi connectivity index (χ0) is 13.9. The number of aromatic nitrogens is 2. The second-order valence-corrected chi connectivity index (χ2v) is 4.49. The highest BCUT2D eigenvalue weighted by molar-refractivity contribution is 5.83. The molecule has 3 aromatic rings. The number of aliphatic hydroxyl groups excluding tert-OH is 1. The second-order valence-electron chi connectivity index (χ2n) is 4.49. The van der Waals surface area contributed by atoms with Crippen LogP contribution in [-0.4, -0.2) is 22.2 Å². The second kappa shape index (κ2) is 5.27. The van der Waals surface area contributed by atoms with E-state index < -0.39 is 6.10 Å². The van der Waals surface area contributed by atoms with E-state index in [1.54, 1.807) is 6.07 Å². The van der Waals surface area contributed by atoms with Gasteiger partial charge < -0.3 is 9.84 Å². The normalized spacial score (nSPS) is 12.3. The van der Waals surface area contributed by atoms with Gasteiger partial charge in [0.15, 0.2) is 0 Å². The lowest BCUT2D eigenvalue weighted by Gasteiger charge is -2.12. The van der Waals surface area contributed by atoms with Gasteiger partial charge in [-0.05, 0) is 22.4 Å². The Balaban J connectivity index is 2.00. The molecule has 1 heterocycles. The van der Waals surface area contributed by atoms with Crippen LogP contribution in [0.4, 0.5) is 0 Å². The molecule has 1 unspecified atom stereocenters. The molecule has 0 saturated carbocycles. The van der Waals surface area contributed by atoms with E-state index in [1.807, 2.05) is 42.5 Å². The Morgan fingerprint density at radius 1 is 1.00 bits per heavy atom. The van der Waals surface area contributed by atoms with Crippen LogP contribution in [0.25, 0.3) is 10.8 Å². The standard InChI is InChI=1S/C16H14N2O2/c1-20-15-9-14(17-10-18-15)16(19)13-7-6-11-4-2-3-5-12(11)8-13/h2-10,16,19H,1H3. The van der Waals surface area contributed by atoms with E-state index in [1.165, 1.54) is 13.4 Å². The van der Waals surface area contributed by atoms with Crippen LogP contribution < -0.4 is 4.74 Å². The van der Waals surface area contributed by atoms with Crippen LogP contribution in [0, 0.1) is 0 Å². The maximum Gasteiger partial charge on any atom is 0.216 e. The van der Waals surface area contributed by atoms with Crippen LogP contribution in [0.5, 0.6) is 5.88 Å². The highest BCUT2D eigenvalue weighted by Crippen LogP contribution is 2.25. The summed E-state index contributed by atoms with van der Waals surface area (Å²) in [5.41, 5.74) is 1.32. The Morgan fingerprint density at radius 2 is 1.80 bits per heavy atom. The minimum atomic E-state index is -0.795. The van der Waals surface area contributed by atoms with Gasteiger partial charge >= 0.3 is 0 Å². The molecular formula is C16H14N2O2. The molecule has 0 spiro atoms. The number of fused-ring (bicyclic) bond motifs is 1. The molecule has 0 radical (unpaired) electrons. The summed E-state index contributed by atoms with van der Waals surface area (Å²) in [5, 5.41) is 12.7. The third-order valence-electron chi connectivity index (χ3n) is 3.24. The zero-order valence-electron chi connectivity index (χ0n) is 11.0. The van der Waals surface area contributed by atoms with Gasteiger partial charge in [-0.2, -0.15) is 0 Å². The van der Waals surface area contributed by atoms with Crippen molar-refractivity contribution in [3.8, 4) is 5.88 Å². The third kappa shape index (κ3) is 2.33. The molecular weight excluding hydrogens is 252 g/mol. The first-order valence-electron chi connectivity index (χ1n) is 6.30. The van der Waals surface area contributed by atoms with Gasteiger partial charge in [-0.1, -0.05) is 36.4 Å². The molecule has 0 aliphatic carbocycles. The van der Waals surface area contributed by atoms with Crippen LogP contribution in [0.15, 0.2) is 54.9 Å². The Bertz CT molecular complexity index is 743. The third-order valence-corrected chi connectivity index (χ3v) is 3.24. The average Bonchev–Trinajstić information content (AvgIpc) is 2.53. The summed E-state index contributed by atoms with van der Waals surface area (Å²) in [4.78, 5) is 8.04. The molecule has 0 saturated heterocycles. The SMILES string of the molecule is COc1cc(C(O)c2ccc3ccccc3c2)ncn1. The smallest absolute Gasteiger partial charge is 0.216 e. The summed E-state index contributed by atoms with van der Waals surface area (Å²) in [6, 6.07) is 15.5. The van der Waals surface area contributed by atoms with Crippen LogP contribution in [-0.2, 0) is 0 Å². The van der Waals surface area contributed by atoms with E-state index in [9.17, 15) is 5.11 Å². The molecule has 100 valence electrons. The molecule has 1 atom stereocenters. The van der Waals surface area contributed by atoms with Crippen molar-refractivity contribution in [3.63, 3.8) is 0 Å². The molecule has 1 aromatic heterocycles. The van der Waals surface area contributed by atoms with E-state index in [-0.39, 0.29) is 0 Å². The molecule has 0 aliphatic rings. The van der Waals surface area contributed by atoms with Crippen molar-refractivity contribution >= 4 is 10.8 Å². The number of benzene rings is 2. The quantitative estimate of drug-likeness (QED) is 0.792. The molecule has 1 N–H and O–H groups in total. The first kappa shape index (κ1) is 12.6. The number of ether oxygens (including phenoxy) is 1. The number of aliphatic hydroxyl groups is 1. The van der Waals surface area contributed by atoms with Crippen molar-refractivity contribution in [2.45, 2.75) is 6.10 Å². The van der Waals surface area contributed by atoms with Gasteiger partial charge in [0.1, 0.15) is 12.4 Å². The molecule has 0 amide bonds. The van der Waals surface area contributed by atoms with Gasteiger partial charge in [-0.25, -0.2) is 9.97 Å². The van der Waals surface area contributed by atoms with Gasteiger partial charge in [0.05, 0.1) is 12.8 Å². The van der Waals surface area contributed by atoms with Crippen molar-refractivity contribution in [1.29, 1.82) is 0 Å². The Hall–Kier alpha value is -2.46. The Morgan fingerprint density at radius 3 is 2.60 bits per heavy atom. The summed E-state index contributed by atoms with van der Waals surface area (Å²) < 4.78 is 5.05. The molecule has 0 aliphatic heterocycles. The number of methoxy groups -OCH3 is 1. The van der Waals surface area contributed by atoms with Crippen molar-refractivity contribution in [2.24, 2.45) is 0 Å². The van der Waals surface area contributed by atoms with Crippen molar-refractivity contribution in [2.75, 3.05) is 7.11 Å². The fourth-order valence-electron chi connectivity index (χ4n) is 2.16. The molecule has 0 bridgehead atoms. The molecule has 4 heteroatoms. The average molecular weight is 266 g/mol. The lowest BCUT2D eigenvalue weighted by molar-refractivity contribution is 0.214. The van der Waals surface area contributed by atoms with E-state index in [2.05, 4.69) is 9.97 Å². The lowest BCUT2D eigenvalue weighted by atomic mass is 10.0. The molecule has 3 rings (SSSR count). The van der Waals surface area contributed by atoms with Crippen LogP contribution in [0.2, 0.25) is 0 Å². The van der Waals surface area contributed by atoms with Crippen molar-refractivity contribution in [1.82, 2.24) is 9.97 Å². The fourth-order valence-corrected chi connectivity index (χ4v) is 2.16. The van der Waals surface area contributed by atoms with Gasteiger partial charge in [0.2, 0.25) is 5.88 Å². The predicted molar refractivity (Wildman–Crippen MR) is 76.6 cm³/mol. The van der Waals surface area contributed by atoms with Gasteiger partial charge in [0.25, 0.3) is 0 Å². The summed E-state index contributed by atoms with van der Waals surface area (Å²) in [5.74, 6) is 0.440. The summed E-state index contributed by atoms with van der Waals surface area (Å²) in [6.07, 6.45) is 0.592. The van der Waals surface area contributed by atoms with Crippen LogP contribution in [0.3, 0.4) is 0 Å². The maximum atomic E-state index is 10.4. The zero-order valence-corrected chi connectivity index (χ0v) is 11.0. The number of hydrogen-bond acceptors (Lipinski definition) is 4. The van der Waals surface area contributed by atoms with Crippen LogP contribution >= 0.6 is 0 Å². The highest BCUT2D eigenvalue weighted by Gasteiger charge is 2.13. The lowest BCUT2D eigenvalue weighted by Crippen LogP contribution is -2.03. The monoisotopic (exact) mass is 266 g/mol. The topological polar surface area (TPSA) is 55.2 Å². The van der Waals surface area contributed by atoms with E-state index in [0.29, 0.717) is 11.6 Å². The fraction of sp³-hybridized carbons (Fsp3) is 0.125. The minimum Gasteiger partial charge on any atom is -0.481 e. The predicted octanol–water partition coefficient (Wildman–Crippen LogP) is 2.72. The van der Waals surface area contributed by atoms with Crippen molar-refractivity contribution < 1.29 is 9.84 Å². The molecule has 0 fully saturated rings. The van der Waals surface area contributed by atoms with Gasteiger partial charge in [-0.15, -0.1) is 0 Å². The number of hydrogen-bond donors (Lipinski definition) is 1. The van der Waals surface area contributed by atoms with Crippen molar-refractivity contribution in [3.05, 3.63) is 66.1 Å². The highest BCUT2D eigenvalue weighted by atomic mass is 16.5. The van der Waals surface area contributed by atoms with Gasteiger partial charge in [-0.3, -0.25) is 0 Å². The largest absolute Gasteiger partial charge is 0.481 e. The number of rotatable bonds is 3. The number of nitrogens with zero attached hydrogens (tertiary/aromatic N) is 2. The minimum absolute atomic E-state index is 0.440. The summed E-state index contributed by atoms with van der Waals surface area (Å²) in [7, 11) is 1.54. The Kier molecular flexibility index (Phi) is 3.31. The summed E-state index contributed by atoms with van der Waals surface area (Å²) >= 11 is 0. The first-order chi connectivity index (χ1) is 9.78.